The zero-order valence-electron chi connectivity index (χ0n) is 16.6. The van der Waals surface area contributed by atoms with E-state index in [-0.39, 0.29) is 6.10 Å². The van der Waals surface area contributed by atoms with Crippen molar-refractivity contribution in [1.82, 2.24) is 15.6 Å². The van der Waals surface area contributed by atoms with Crippen LogP contribution in [0.25, 0.3) is 0 Å². The topological polar surface area (TPSA) is 58.5 Å². The standard InChI is InChI=1S/C20H30N4OS/c1-7-14(3)25-18-10-13(2)8-9-17(18)11-22-20(21-6)23-12-19-15(4)24-16(5)26-19/h8-10,14H,7,11-12H2,1-6H3,(H2,21,22,23). The maximum atomic E-state index is 6.08. The number of guanidine groups is 1. The number of aromatic nitrogens is 1. The van der Waals surface area contributed by atoms with Gasteiger partial charge in [0.25, 0.3) is 0 Å². The van der Waals surface area contributed by atoms with Crippen LogP contribution in [0, 0.1) is 20.8 Å². The molecule has 0 amide bonds. The highest BCUT2D eigenvalue weighted by Gasteiger charge is 2.10. The van der Waals surface area contributed by atoms with Crippen molar-refractivity contribution in [3.05, 3.63) is 44.9 Å². The normalized spacial score (nSPS) is 12.8. The highest BCUT2D eigenvalue weighted by atomic mass is 32.1. The Hall–Kier alpha value is -2.08. The number of nitrogens with one attached hydrogen (secondary N) is 2. The third kappa shape index (κ3) is 5.73. The minimum Gasteiger partial charge on any atom is -0.490 e. The SMILES string of the molecule is CCC(C)Oc1cc(C)ccc1CNC(=NC)NCc1sc(C)nc1C. The van der Waals surface area contributed by atoms with E-state index in [2.05, 4.69) is 59.6 Å². The number of hydrogen-bond acceptors (Lipinski definition) is 4. The highest BCUT2D eigenvalue weighted by molar-refractivity contribution is 7.11. The summed E-state index contributed by atoms with van der Waals surface area (Å²) in [6.07, 6.45) is 1.18. The number of benzene rings is 1. The molecule has 6 heteroatoms. The van der Waals surface area contributed by atoms with Crippen LogP contribution in [0.2, 0.25) is 0 Å². The van der Waals surface area contributed by atoms with Crippen LogP contribution in [-0.2, 0) is 13.1 Å². The van der Waals surface area contributed by atoms with Crippen molar-refractivity contribution < 1.29 is 4.74 Å². The number of ether oxygens (including phenoxy) is 1. The molecule has 5 nitrogen and oxygen atoms in total. The molecule has 0 aliphatic heterocycles. The maximum Gasteiger partial charge on any atom is 0.191 e. The molecule has 0 spiro atoms. The van der Waals surface area contributed by atoms with Gasteiger partial charge in [-0.15, -0.1) is 11.3 Å². The Morgan fingerprint density at radius 2 is 1.96 bits per heavy atom. The van der Waals surface area contributed by atoms with E-state index >= 15 is 0 Å². The molecule has 1 atom stereocenters. The lowest BCUT2D eigenvalue weighted by molar-refractivity contribution is 0.215. The van der Waals surface area contributed by atoms with E-state index in [1.54, 1.807) is 18.4 Å². The summed E-state index contributed by atoms with van der Waals surface area (Å²) in [7, 11) is 1.78. The van der Waals surface area contributed by atoms with E-state index in [1.807, 2.05) is 13.8 Å². The van der Waals surface area contributed by atoms with Gasteiger partial charge in [-0.25, -0.2) is 4.98 Å². The van der Waals surface area contributed by atoms with Crippen molar-refractivity contribution in [1.29, 1.82) is 0 Å². The van der Waals surface area contributed by atoms with Gasteiger partial charge in [0, 0.05) is 24.0 Å². The Labute approximate surface area is 160 Å². The predicted octanol–water partition coefficient (Wildman–Crippen LogP) is 4.11. The molecule has 26 heavy (non-hydrogen) atoms. The molecule has 1 aromatic carbocycles. The number of nitrogens with zero attached hydrogens (tertiary/aromatic N) is 2. The van der Waals surface area contributed by atoms with Crippen LogP contribution in [-0.4, -0.2) is 24.1 Å². The number of hydrogen-bond donors (Lipinski definition) is 2. The summed E-state index contributed by atoms with van der Waals surface area (Å²) in [5, 5.41) is 7.83. The maximum absolute atomic E-state index is 6.08. The van der Waals surface area contributed by atoms with Gasteiger partial charge in [-0.05, 0) is 45.7 Å². The smallest absolute Gasteiger partial charge is 0.191 e. The molecule has 1 unspecified atom stereocenters. The first-order valence-corrected chi connectivity index (χ1v) is 9.88. The minimum absolute atomic E-state index is 0.200. The van der Waals surface area contributed by atoms with E-state index in [4.69, 9.17) is 4.74 Å². The summed E-state index contributed by atoms with van der Waals surface area (Å²) in [5.41, 5.74) is 3.41. The van der Waals surface area contributed by atoms with Gasteiger partial charge in [0.05, 0.1) is 23.4 Å². The van der Waals surface area contributed by atoms with Crippen molar-refractivity contribution in [3.8, 4) is 5.75 Å². The number of thiazole rings is 1. The Bertz CT molecular complexity index is 754. The lowest BCUT2D eigenvalue weighted by Crippen LogP contribution is -2.36. The first-order chi connectivity index (χ1) is 12.4. The third-order valence-corrected chi connectivity index (χ3v) is 5.28. The highest BCUT2D eigenvalue weighted by Crippen LogP contribution is 2.22. The molecule has 1 heterocycles. The van der Waals surface area contributed by atoms with E-state index in [1.165, 1.54) is 10.4 Å². The van der Waals surface area contributed by atoms with Gasteiger partial charge < -0.3 is 15.4 Å². The summed E-state index contributed by atoms with van der Waals surface area (Å²) in [6.45, 7) is 11.8. The summed E-state index contributed by atoms with van der Waals surface area (Å²) in [6, 6.07) is 6.33. The average molecular weight is 375 g/mol. The quantitative estimate of drug-likeness (QED) is 0.566. The molecule has 2 N–H and O–H groups in total. The molecule has 0 saturated heterocycles. The van der Waals surface area contributed by atoms with Crippen molar-refractivity contribution >= 4 is 17.3 Å². The molecule has 142 valence electrons. The Balaban J connectivity index is 1.98. The average Bonchev–Trinajstić information content (AvgIpc) is 2.93. The van der Waals surface area contributed by atoms with E-state index in [0.717, 1.165) is 40.9 Å². The van der Waals surface area contributed by atoms with Crippen LogP contribution >= 0.6 is 11.3 Å². The molecule has 0 saturated carbocycles. The zero-order chi connectivity index (χ0) is 19.1. The summed E-state index contributed by atoms with van der Waals surface area (Å²) in [4.78, 5) is 10.0. The van der Waals surface area contributed by atoms with Gasteiger partial charge in [0.15, 0.2) is 5.96 Å². The number of aryl methyl sites for hydroxylation is 3. The largest absolute Gasteiger partial charge is 0.490 e. The molecule has 0 aliphatic rings. The molecule has 1 aromatic heterocycles. The van der Waals surface area contributed by atoms with Crippen LogP contribution in [0.1, 0.15) is 47.0 Å². The van der Waals surface area contributed by atoms with Crippen molar-refractivity contribution in [2.45, 2.75) is 60.2 Å². The number of rotatable bonds is 7. The van der Waals surface area contributed by atoms with Crippen molar-refractivity contribution in [2.24, 2.45) is 4.99 Å². The second-order valence-electron chi connectivity index (χ2n) is 6.47. The second-order valence-corrected chi connectivity index (χ2v) is 7.76. The van der Waals surface area contributed by atoms with E-state index in [9.17, 15) is 0 Å². The van der Waals surface area contributed by atoms with E-state index < -0.39 is 0 Å². The Kier molecular flexibility index (Phi) is 7.45. The molecule has 0 fully saturated rings. The van der Waals surface area contributed by atoms with Crippen LogP contribution in [0.4, 0.5) is 0 Å². The summed E-state index contributed by atoms with van der Waals surface area (Å²) < 4.78 is 6.08. The van der Waals surface area contributed by atoms with Crippen molar-refractivity contribution in [3.63, 3.8) is 0 Å². The van der Waals surface area contributed by atoms with Gasteiger partial charge in [-0.3, -0.25) is 4.99 Å². The molecule has 0 radical (unpaired) electrons. The zero-order valence-corrected chi connectivity index (χ0v) is 17.5. The predicted molar refractivity (Wildman–Crippen MR) is 110 cm³/mol. The van der Waals surface area contributed by atoms with Crippen LogP contribution in [0.3, 0.4) is 0 Å². The van der Waals surface area contributed by atoms with Crippen LogP contribution in [0.15, 0.2) is 23.2 Å². The summed E-state index contributed by atoms with van der Waals surface area (Å²) in [5.74, 6) is 1.71. The fraction of sp³-hybridized carbons (Fsp3) is 0.500. The van der Waals surface area contributed by atoms with Gasteiger partial charge >= 0.3 is 0 Å². The fourth-order valence-corrected chi connectivity index (χ4v) is 3.40. The lowest BCUT2D eigenvalue weighted by atomic mass is 10.1. The monoisotopic (exact) mass is 374 g/mol. The van der Waals surface area contributed by atoms with Crippen LogP contribution in [0.5, 0.6) is 5.75 Å². The number of aliphatic imine (C=N–C) groups is 1. The Morgan fingerprint density at radius 1 is 1.23 bits per heavy atom. The van der Waals surface area contributed by atoms with Gasteiger partial charge in [0.1, 0.15) is 5.75 Å². The third-order valence-electron chi connectivity index (χ3n) is 4.21. The lowest BCUT2D eigenvalue weighted by Gasteiger charge is -2.18. The minimum atomic E-state index is 0.200. The first kappa shape index (κ1) is 20.2. The van der Waals surface area contributed by atoms with Gasteiger partial charge in [0.2, 0.25) is 0 Å². The molecular formula is C20H30N4OS. The molecule has 0 aliphatic carbocycles. The van der Waals surface area contributed by atoms with Gasteiger partial charge in [-0.2, -0.15) is 0 Å². The fourth-order valence-electron chi connectivity index (χ4n) is 2.52. The molecule has 2 aromatic rings. The second kappa shape index (κ2) is 9.57. The molecule has 0 bridgehead atoms. The molecule has 2 rings (SSSR count). The van der Waals surface area contributed by atoms with Gasteiger partial charge in [-0.1, -0.05) is 19.1 Å². The van der Waals surface area contributed by atoms with E-state index in [0.29, 0.717) is 6.54 Å². The van der Waals surface area contributed by atoms with Crippen LogP contribution < -0.4 is 15.4 Å². The Morgan fingerprint density at radius 3 is 2.58 bits per heavy atom. The summed E-state index contributed by atoms with van der Waals surface area (Å²) >= 11 is 1.72. The molecular weight excluding hydrogens is 344 g/mol. The van der Waals surface area contributed by atoms with Crippen molar-refractivity contribution in [2.75, 3.05) is 7.05 Å². The first-order valence-electron chi connectivity index (χ1n) is 9.06.